The first-order valence-electron chi connectivity index (χ1n) is 10.4. The molecule has 170 valence electrons. The zero-order chi connectivity index (χ0) is 21.0. The minimum Gasteiger partial charge on any atom is -0.493 e. The zero-order valence-corrected chi connectivity index (χ0v) is 20.5. The highest BCUT2D eigenvalue weighted by Gasteiger charge is 2.12. The summed E-state index contributed by atoms with van der Waals surface area (Å²) in [5, 5.41) is 6.68. The molecule has 0 bridgehead atoms. The smallest absolute Gasteiger partial charge is 0.231 e. The summed E-state index contributed by atoms with van der Waals surface area (Å²) in [5.41, 5.74) is 2.30. The van der Waals surface area contributed by atoms with Gasteiger partial charge in [0.1, 0.15) is 5.75 Å². The number of guanidine groups is 1. The van der Waals surface area contributed by atoms with E-state index in [0.717, 1.165) is 54.7 Å². The standard InChI is InChI=1S/C23H31N3O4.HI/c1-3-24-23(25-11-10-18-8-9-21-22(15-18)30-17-29-21)26-16-19-6-4-7-20(14-19)28-13-5-12-27-2;/h4,6-9,14-15H,3,5,10-13,16-17H2,1-2H3,(H2,24,25,26);1H. The third kappa shape index (κ3) is 8.45. The van der Waals surface area contributed by atoms with Crippen molar-refractivity contribution in [1.29, 1.82) is 0 Å². The van der Waals surface area contributed by atoms with Crippen LogP contribution in [0, 0.1) is 0 Å². The molecule has 0 aliphatic carbocycles. The fourth-order valence-electron chi connectivity index (χ4n) is 3.06. The van der Waals surface area contributed by atoms with Crippen molar-refractivity contribution in [1.82, 2.24) is 10.6 Å². The van der Waals surface area contributed by atoms with Crippen LogP contribution in [0.3, 0.4) is 0 Å². The second-order valence-corrected chi connectivity index (χ2v) is 6.90. The molecule has 0 aromatic heterocycles. The van der Waals surface area contributed by atoms with E-state index < -0.39 is 0 Å². The number of benzene rings is 2. The number of hydrogen-bond donors (Lipinski definition) is 2. The van der Waals surface area contributed by atoms with E-state index in [1.54, 1.807) is 7.11 Å². The summed E-state index contributed by atoms with van der Waals surface area (Å²) < 4.78 is 21.6. The van der Waals surface area contributed by atoms with E-state index in [1.807, 2.05) is 30.3 Å². The van der Waals surface area contributed by atoms with E-state index in [-0.39, 0.29) is 24.0 Å². The maximum atomic E-state index is 5.77. The van der Waals surface area contributed by atoms with E-state index in [9.17, 15) is 0 Å². The van der Waals surface area contributed by atoms with Gasteiger partial charge in [-0.05, 0) is 48.7 Å². The fraction of sp³-hybridized carbons (Fsp3) is 0.435. The first kappa shape index (κ1) is 25.1. The highest BCUT2D eigenvalue weighted by Crippen LogP contribution is 2.32. The lowest BCUT2D eigenvalue weighted by molar-refractivity contribution is 0.172. The molecule has 0 atom stereocenters. The van der Waals surface area contributed by atoms with Gasteiger partial charge in [-0.25, -0.2) is 4.99 Å². The van der Waals surface area contributed by atoms with E-state index >= 15 is 0 Å². The molecular weight excluding hydrogens is 509 g/mol. The van der Waals surface area contributed by atoms with Crippen LogP contribution >= 0.6 is 24.0 Å². The highest BCUT2D eigenvalue weighted by molar-refractivity contribution is 14.0. The molecule has 7 nitrogen and oxygen atoms in total. The number of halogens is 1. The van der Waals surface area contributed by atoms with Crippen molar-refractivity contribution in [3.8, 4) is 17.2 Å². The summed E-state index contributed by atoms with van der Waals surface area (Å²) in [4.78, 5) is 4.70. The Bertz CT molecular complexity index is 832. The molecule has 1 aliphatic heterocycles. The van der Waals surface area contributed by atoms with Crippen LogP contribution in [0.1, 0.15) is 24.5 Å². The van der Waals surface area contributed by atoms with Gasteiger partial charge >= 0.3 is 0 Å². The van der Waals surface area contributed by atoms with Crippen LogP contribution in [-0.4, -0.2) is 46.2 Å². The third-order valence-electron chi connectivity index (χ3n) is 4.57. The van der Waals surface area contributed by atoms with Gasteiger partial charge in [0, 0.05) is 33.2 Å². The van der Waals surface area contributed by atoms with Gasteiger partial charge in [0.05, 0.1) is 13.2 Å². The molecule has 0 unspecified atom stereocenters. The molecule has 0 fully saturated rings. The van der Waals surface area contributed by atoms with E-state index in [4.69, 9.17) is 23.9 Å². The van der Waals surface area contributed by atoms with Gasteiger partial charge in [0.25, 0.3) is 0 Å². The molecule has 0 radical (unpaired) electrons. The Balaban J connectivity index is 0.00000341. The van der Waals surface area contributed by atoms with Gasteiger partial charge in [0.15, 0.2) is 17.5 Å². The Morgan fingerprint density at radius 2 is 1.90 bits per heavy atom. The summed E-state index contributed by atoms with van der Waals surface area (Å²) in [6.07, 6.45) is 1.74. The first-order chi connectivity index (χ1) is 14.8. The van der Waals surface area contributed by atoms with Gasteiger partial charge in [-0.1, -0.05) is 18.2 Å². The first-order valence-corrected chi connectivity index (χ1v) is 10.4. The van der Waals surface area contributed by atoms with Crippen molar-refractivity contribution in [2.24, 2.45) is 4.99 Å². The number of aliphatic imine (C=N–C) groups is 1. The largest absolute Gasteiger partial charge is 0.493 e. The molecule has 3 rings (SSSR count). The van der Waals surface area contributed by atoms with Crippen molar-refractivity contribution < 1.29 is 18.9 Å². The maximum absolute atomic E-state index is 5.77. The average Bonchev–Trinajstić information content (AvgIpc) is 3.23. The maximum Gasteiger partial charge on any atom is 0.231 e. The van der Waals surface area contributed by atoms with Crippen LogP contribution in [0.15, 0.2) is 47.5 Å². The summed E-state index contributed by atoms with van der Waals surface area (Å²) in [6.45, 7) is 5.86. The molecule has 2 aromatic rings. The number of nitrogens with one attached hydrogen (secondary N) is 2. The molecule has 8 heteroatoms. The minimum absolute atomic E-state index is 0. The summed E-state index contributed by atoms with van der Waals surface area (Å²) in [6, 6.07) is 14.1. The van der Waals surface area contributed by atoms with Crippen molar-refractivity contribution in [3.05, 3.63) is 53.6 Å². The Kier molecular flexibility index (Phi) is 11.3. The number of fused-ring (bicyclic) bond motifs is 1. The molecule has 2 aromatic carbocycles. The lowest BCUT2D eigenvalue weighted by Gasteiger charge is -2.12. The fourth-order valence-corrected chi connectivity index (χ4v) is 3.06. The van der Waals surface area contributed by atoms with Crippen molar-refractivity contribution in [2.45, 2.75) is 26.3 Å². The molecular formula is C23H32IN3O4. The molecule has 0 amide bonds. The molecule has 1 heterocycles. The van der Waals surface area contributed by atoms with Crippen molar-refractivity contribution in [3.63, 3.8) is 0 Å². The van der Waals surface area contributed by atoms with Crippen LogP contribution in [0.4, 0.5) is 0 Å². The molecule has 31 heavy (non-hydrogen) atoms. The normalized spacial score (nSPS) is 12.3. The SMILES string of the molecule is CCNC(=NCc1cccc(OCCCOC)c1)NCCc1ccc2c(c1)OCO2.I. The predicted molar refractivity (Wildman–Crippen MR) is 133 cm³/mol. The average molecular weight is 541 g/mol. The summed E-state index contributed by atoms with van der Waals surface area (Å²) >= 11 is 0. The summed E-state index contributed by atoms with van der Waals surface area (Å²) in [5.74, 6) is 3.29. The topological polar surface area (TPSA) is 73.3 Å². The van der Waals surface area contributed by atoms with Crippen LogP contribution in [0.2, 0.25) is 0 Å². The number of rotatable bonds is 11. The predicted octanol–water partition coefficient (Wildman–Crippen LogP) is 3.75. The highest BCUT2D eigenvalue weighted by atomic mass is 127. The lowest BCUT2D eigenvalue weighted by Crippen LogP contribution is -2.38. The molecule has 0 saturated carbocycles. The van der Waals surface area contributed by atoms with Gasteiger partial charge in [-0.3, -0.25) is 0 Å². The van der Waals surface area contributed by atoms with Crippen molar-refractivity contribution in [2.75, 3.05) is 40.2 Å². The van der Waals surface area contributed by atoms with Gasteiger partial charge in [-0.15, -0.1) is 24.0 Å². The molecule has 1 aliphatic rings. The molecule has 0 spiro atoms. The van der Waals surface area contributed by atoms with E-state index in [2.05, 4.69) is 29.7 Å². The van der Waals surface area contributed by atoms with Gasteiger partial charge in [0.2, 0.25) is 6.79 Å². The summed E-state index contributed by atoms with van der Waals surface area (Å²) in [7, 11) is 1.70. The Hall–Kier alpha value is -2.20. The number of hydrogen-bond acceptors (Lipinski definition) is 5. The third-order valence-corrected chi connectivity index (χ3v) is 4.57. The zero-order valence-electron chi connectivity index (χ0n) is 18.2. The number of nitrogens with zero attached hydrogens (tertiary/aromatic N) is 1. The second-order valence-electron chi connectivity index (χ2n) is 6.90. The minimum atomic E-state index is 0. The van der Waals surface area contributed by atoms with Crippen molar-refractivity contribution >= 4 is 29.9 Å². The Morgan fingerprint density at radius 1 is 1.03 bits per heavy atom. The van der Waals surface area contributed by atoms with Crippen LogP contribution in [0.25, 0.3) is 0 Å². The monoisotopic (exact) mass is 541 g/mol. The Morgan fingerprint density at radius 3 is 2.74 bits per heavy atom. The lowest BCUT2D eigenvalue weighted by atomic mass is 10.1. The molecule has 0 saturated heterocycles. The van der Waals surface area contributed by atoms with Gasteiger partial charge < -0.3 is 29.6 Å². The van der Waals surface area contributed by atoms with Crippen LogP contribution in [0.5, 0.6) is 17.2 Å². The quantitative estimate of drug-likeness (QED) is 0.196. The Labute approximate surface area is 201 Å². The second kappa shape index (κ2) is 14.0. The number of methoxy groups -OCH3 is 1. The molecule has 2 N–H and O–H groups in total. The van der Waals surface area contributed by atoms with E-state index in [0.29, 0.717) is 26.6 Å². The van der Waals surface area contributed by atoms with Crippen LogP contribution < -0.4 is 24.8 Å². The van der Waals surface area contributed by atoms with Crippen LogP contribution in [-0.2, 0) is 17.7 Å². The van der Waals surface area contributed by atoms with E-state index in [1.165, 1.54) is 5.56 Å². The number of ether oxygens (including phenoxy) is 4. The van der Waals surface area contributed by atoms with Gasteiger partial charge in [-0.2, -0.15) is 0 Å².